The van der Waals surface area contributed by atoms with E-state index in [-0.39, 0.29) is 0 Å². The van der Waals surface area contributed by atoms with E-state index in [1.165, 1.54) is 5.56 Å². The van der Waals surface area contributed by atoms with Crippen molar-refractivity contribution in [3.8, 4) is 0 Å². The van der Waals surface area contributed by atoms with E-state index >= 15 is 0 Å². The molecule has 0 radical (unpaired) electrons. The molecule has 1 aromatic rings. The third-order valence-corrected chi connectivity index (χ3v) is 2.38. The molecule has 13 heavy (non-hydrogen) atoms. The van der Waals surface area contributed by atoms with E-state index < -0.39 is 4.44 Å². The molecule has 0 aromatic heterocycles. The molecule has 0 saturated carbocycles. The first-order chi connectivity index (χ1) is 6.21. The Bertz CT molecular complexity index is 355. The van der Waals surface area contributed by atoms with Crippen LogP contribution in [0.3, 0.4) is 0 Å². The topological polar surface area (TPSA) is 37.1 Å². The maximum atomic E-state index is 5.43. The van der Waals surface area contributed by atoms with Crippen LogP contribution in [0.25, 0.3) is 0 Å². The predicted molar refractivity (Wildman–Crippen MR) is 46.2 cm³/mol. The molecule has 70 valence electrons. The Balaban J connectivity index is 2.41. The molecule has 1 atom stereocenters. The van der Waals surface area contributed by atoms with Crippen molar-refractivity contribution in [2.24, 2.45) is 15.4 Å². The Hall–Kier alpha value is -0.991. The molecular weight excluding hydrogens is 214 g/mol. The van der Waals surface area contributed by atoms with Gasteiger partial charge in [-0.25, -0.2) is 0 Å². The van der Waals surface area contributed by atoms with E-state index in [1.807, 2.05) is 31.2 Å². The van der Waals surface area contributed by atoms with Crippen molar-refractivity contribution in [3.05, 3.63) is 35.4 Å². The van der Waals surface area contributed by atoms with Crippen LogP contribution < -0.4 is 0 Å². The quantitative estimate of drug-likeness (QED) is 0.652. The zero-order valence-electron chi connectivity index (χ0n) is 7.03. The molecule has 0 bridgehead atoms. The van der Waals surface area contributed by atoms with E-state index in [2.05, 4.69) is 15.4 Å². The molecule has 0 amide bonds. The molecule has 2 rings (SSSR count). The van der Waals surface area contributed by atoms with Gasteiger partial charge < -0.3 is 0 Å². The molecule has 3 nitrogen and oxygen atoms in total. The van der Waals surface area contributed by atoms with Gasteiger partial charge >= 0.3 is 84.4 Å². The van der Waals surface area contributed by atoms with Crippen LogP contribution in [0.15, 0.2) is 39.7 Å². The standard InChI is InChI=1S/C9H8N3.Cu/c1-7-2-4-8(5-3-7)9-6-10-12-11-9;/h2-6H,1H3;. The fraction of sp³-hybridized carbons (Fsp3) is 0.222. The third kappa shape index (κ3) is 1.55. The van der Waals surface area contributed by atoms with Crippen molar-refractivity contribution in [1.29, 1.82) is 0 Å². The third-order valence-electron chi connectivity index (χ3n) is 1.89. The van der Waals surface area contributed by atoms with E-state index in [0.29, 0.717) is 0 Å². The van der Waals surface area contributed by atoms with E-state index in [1.54, 1.807) is 6.21 Å². The molecule has 1 heterocycles. The van der Waals surface area contributed by atoms with Gasteiger partial charge in [0.15, 0.2) is 0 Å². The molecule has 1 aromatic carbocycles. The van der Waals surface area contributed by atoms with Gasteiger partial charge in [0.25, 0.3) is 0 Å². The number of nitrogens with zero attached hydrogens (tertiary/aromatic N) is 3. The Morgan fingerprint density at radius 3 is 2.46 bits per heavy atom. The predicted octanol–water partition coefficient (Wildman–Crippen LogP) is 2.15. The van der Waals surface area contributed by atoms with Crippen LogP contribution in [0.2, 0.25) is 0 Å². The van der Waals surface area contributed by atoms with Crippen molar-refractivity contribution in [1.82, 2.24) is 0 Å². The Kier molecular flexibility index (Phi) is 2.02. The molecule has 1 aliphatic rings. The van der Waals surface area contributed by atoms with E-state index in [4.69, 9.17) is 16.0 Å². The monoisotopic (exact) mass is 221 g/mol. The second-order valence-electron chi connectivity index (χ2n) is 2.92. The summed E-state index contributed by atoms with van der Waals surface area (Å²) in [7, 11) is 0. The van der Waals surface area contributed by atoms with Gasteiger partial charge in [-0.3, -0.25) is 0 Å². The summed E-state index contributed by atoms with van der Waals surface area (Å²) in [6.07, 6.45) is 1.57. The van der Waals surface area contributed by atoms with Crippen LogP contribution in [-0.2, 0) is 20.5 Å². The van der Waals surface area contributed by atoms with Gasteiger partial charge in [0.1, 0.15) is 0 Å². The molecule has 0 fully saturated rings. The first-order valence-electron chi connectivity index (χ1n) is 3.89. The summed E-state index contributed by atoms with van der Waals surface area (Å²) in [5.41, 5.74) is 2.13. The van der Waals surface area contributed by atoms with E-state index in [0.717, 1.165) is 5.56 Å². The zero-order valence-corrected chi connectivity index (χ0v) is 7.97. The molecule has 0 spiro atoms. The van der Waals surface area contributed by atoms with Crippen LogP contribution >= 0.6 is 0 Å². The average molecular weight is 222 g/mol. The molecular formula is C9H8CuN3. The Morgan fingerprint density at radius 1 is 1.23 bits per heavy atom. The number of aryl methyl sites for hydroxylation is 1. The summed E-state index contributed by atoms with van der Waals surface area (Å²) in [5.74, 6) is 0. The molecule has 4 heteroatoms. The van der Waals surface area contributed by atoms with Crippen molar-refractivity contribution < 1.29 is 16.0 Å². The normalized spacial score (nSPS) is 25.5. The van der Waals surface area contributed by atoms with Crippen molar-refractivity contribution in [2.45, 2.75) is 11.4 Å². The molecule has 1 aliphatic heterocycles. The molecule has 0 aliphatic carbocycles. The second-order valence-corrected chi connectivity index (χ2v) is 3.63. The van der Waals surface area contributed by atoms with Gasteiger partial charge in [0, 0.05) is 0 Å². The molecule has 1 unspecified atom stereocenters. The summed E-state index contributed by atoms with van der Waals surface area (Å²) in [6.45, 7) is 2.03. The Morgan fingerprint density at radius 2 is 1.92 bits per heavy atom. The number of hydrogen-bond acceptors (Lipinski definition) is 3. The van der Waals surface area contributed by atoms with Gasteiger partial charge in [-0.2, -0.15) is 0 Å². The van der Waals surface area contributed by atoms with Crippen LogP contribution in [0, 0.1) is 6.92 Å². The number of hydrogen-bond donors (Lipinski definition) is 0. The van der Waals surface area contributed by atoms with E-state index in [9.17, 15) is 0 Å². The Labute approximate surface area is 84.8 Å². The fourth-order valence-electron chi connectivity index (χ4n) is 1.12. The summed E-state index contributed by atoms with van der Waals surface area (Å²) >= 11 is 5.43. The summed E-state index contributed by atoms with van der Waals surface area (Å²) in [6, 6.07) is 7.91. The second kappa shape index (κ2) is 3.05. The average Bonchev–Trinajstić information content (AvgIpc) is 2.54. The summed E-state index contributed by atoms with van der Waals surface area (Å²) in [5, 5.41) is 11.1. The number of rotatable bonds is 1. The zero-order chi connectivity index (χ0) is 9.31. The minimum atomic E-state index is -0.791. The number of benzene rings is 1. The van der Waals surface area contributed by atoms with Crippen molar-refractivity contribution >= 4 is 6.21 Å². The first-order valence-corrected chi connectivity index (χ1v) is 4.36. The van der Waals surface area contributed by atoms with Gasteiger partial charge in [-0.1, -0.05) is 0 Å². The summed E-state index contributed by atoms with van der Waals surface area (Å²) in [4.78, 5) is 0. The fourth-order valence-corrected chi connectivity index (χ4v) is 1.37. The van der Waals surface area contributed by atoms with Crippen LogP contribution in [-0.4, -0.2) is 6.21 Å². The van der Waals surface area contributed by atoms with Crippen LogP contribution in [0.1, 0.15) is 11.1 Å². The summed E-state index contributed by atoms with van der Waals surface area (Å²) < 4.78 is -0.791. The van der Waals surface area contributed by atoms with Gasteiger partial charge in [-0.15, -0.1) is 0 Å². The maximum absolute atomic E-state index is 5.43. The van der Waals surface area contributed by atoms with Gasteiger partial charge in [0.2, 0.25) is 0 Å². The molecule has 0 N–H and O–H groups in total. The minimum absolute atomic E-state index is 0.791. The van der Waals surface area contributed by atoms with Crippen LogP contribution in [0.5, 0.6) is 0 Å². The van der Waals surface area contributed by atoms with Gasteiger partial charge in [-0.05, 0) is 0 Å². The first kappa shape index (κ1) is 8.60. The van der Waals surface area contributed by atoms with Crippen molar-refractivity contribution in [2.75, 3.05) is 0 Å². The molecule has 0 saturated heterocycles. The van der Waals surface area contributed by atoms with Gasteiger partial charge in [0.05, 0.1) is 0 Å². The SMILES string of the molecule is Cc1ccc([C]2([Cu])C=NN=N2)cc1. The van der Waals surface area contributed by atoms with Crippen molar-refractivity contribution in [3.63, 3.8) is 0 Å². The van der Waals surface area contributed by atoms with Crippen LogP contribution in [0.4, 0.5) is 0 Å².